The molecule has 0 amide bonds. The van der Waals surface area contributed by atoms with Crippen molar-refractivity contribution in [2.75, 3.05) is 19.6 Å². The van der Waals surface area contributed by atoms with Gasteiger partial charge in [-0.15, -0.1) is 11.8 Å². The van der Waals surface area contributed by atoms with E-state index >= 15 is 0 Å². The monoisotopic (exact) mass is 205 g/mol. The predicted molar refractivity (Wildman–Crippen MR) is 48.7 cm³/mol. The number of alkyl halides is 3. The Morgan fingerprint density at radius 1 is 1.29 bits per heavy atom. The summed E-state index contributed by atoms with van der Waals surface area (Å²) in [6, 6.07) is 0. The van der Waals surface area contributed by atoms with Gasteiger partial charge < -0.3 is 0 Å². The van der Waals surface area contributed by atoms with Crippen molar-refractivity contribution < 1.29 is 13.2 Å². The quantitative estimate of drug-likeness (QED) is 0.594. The molecule has 0 radical (unpaired) electrons. The minimum Gasteiger partial charge on any atom is -0.295 e. The zero-order chi connectivity index (χ0) is 10.6. The molecule has 80 valence electrons. The third-order valence-corrected chi connectivity index (χ3v) is 2.34. The Labute approximate surface area is 82.3 Å². The summed E-state index contributed by atoms with van der Waals surface area (Å²) in [5.74, 6) is 6.12. The molecule has 0 N–H and O–H groups in total. The molecular weight excluding hydrogens is 191 g/mol. The first kappa shape index (κ1) is 11.4. The highest BCUT2D eigenvalue weighted by Gasteiger charge is 2.32. The molecule has 1 nitrogen and oxygen atoms in total. The van der Waals surface area contributed by atoms with Gasteiger partial charge in [-0.3, -0.25) is 4.90 Å². The molecule has 1 rings (SSSR count). The van der Waals surface area contributed by atoms with Gasteiger partial charge >= 0.3 is 6.18 Å². The van der Waals surface area contributed by atoms with Crippen LogP contribution in [0.4, 0.5) is 13.2 Å². The van der Waals surface area contributed by atoms with Crippen LogP contribution in [0.5, 0.6) is 0 Å². The van der Waals surface area contributed by atoms with Crippen molar-refractivity contribution >= 4 is 0 Å². The number of piperidine rings is 1. The van der Waals surface area contributed by atoms with Crippen LogP contribution >= 0.6 is 0 Å². The summed E-state index contributed by atoms with van der Waals surface area (Å²) < 4.78 is 36.0. The van der Waals surface area contributed by atoms with Gasteiger partial charge in [-0.2, -0.15) is 13.2 Å². The lowest BCUT2D eigenvalue weighted by Crippen LogP contribution is -2.39. The first-order valence-electron chi connectivity index (χ1n) is 4.72. The van der Waals surface area contributed by atoms with Crippen LogP contribution in [0, 0.1) is 17.8 Å². The lowest BCUT2D eigenvalue weighted by atomic mass is 9.97. The Hall–Kier alpha value is -0.690. The molecular formula is C10H14F3N. The SMILES string of the molecule is CC#CC1CCN(CC(F)(F)F)CC1. The fourth-order valence-corrected chi connectivity index (χ4v) is 1.69. The maximum absolute atomic E-state index is 12.0. The Morgan fingerprint density at radius 3 is 2.29 bits per heavy atom. The average Bonchev–Trinajstić information content (AvgIpc) is 2.06. The number of likely N-dealkylation sites (tertiary alicyclic amines) is 1. The van der Waals surface area contributed by atoms with Crippen molar-refractivity contribution in [1.29, 1.82) is 0 Å². The van der Waals surface area contributed by atoms with Crippen LogP contribution in [0.3, 0.4) is 0 Å². The van der Waals surface area contributed by atoms with Crippen LogP contribution in [0.15, 0.2) is 0 Å². The topological polar surface area (TPSA) is 3.24 Å². The molecule has 14 heavy (non-hydrogen) atoms. The molecule has 1 fully saturated rings. The maximum Gasteiger partial charge on any atom is 0.401 e. The van der Waals surface area contributed by atoms with Crippen LogP contribution in [-0.4, -0.2) is 30.7 Å². The maximum atomic E-state index is 12.0. The second kappa shape index (κ2) is 4.70. The van der Waals surface area contributed by atoms with Crippen LogP contribution in [0.25, 0.3) is 0 Å². The molecule has 0 aromatic carbocycles. The van der Waals surface area contributed by atoms with Crippen molar-refractivity contribution in [2.24, 2.45) is 5.92 Å². The van der Waals surface area contributed by atoms with Gasteiger partial charge in [0, 0.05) is 5.92 Å². The number of nitrogens with zero attached hydrogens (tertiary/aromatic N) is 1. The summed E-state index contributed by atoms with van der Waals surface area (Å²) in [5, 5.41) is 0. The molecule has 0 atom stereocenters. The van der Waals surface area contributed by atoms with Crippen LogP contribution in [-0.2, 0) is 0 Å². The van der Waals surface area contributed by atoms with E-state index in [0.29, 0.717) is 19.0 Å². The summed E-state index contributed by atoms with van der Waals surface area (Å²) in [6.45, 7) is 2.01. The number of hydrogen-bond donors (Lipinski definition) is 0. The Kier molecular flexibility index (Phi) is 3.82. The molecule has 0 aromatic heterocycles. The molecule has 1 heterocycles. The molecule has 0 saturated carbocycles. The largest absolute Gasteiger partial charge is 0.401 e. The summed E-state index contributed by atoms with van der Waals surface area (Å²) in [4.78, 5) is 1.45. The molecule has 1 aliphatic heterocycles. The van der Waals surface area contributed by atoms with Crippen molar-refractivity contribution in [3.8, 4) is 11.8 Å². The summed E-state index contributed by atoms with van der Waals surface area (Å²) in [6.07, 6.45) is -2.54. The van der Waals surface area contributed by atoms with E-state index in [1.54, 1.807) is 6.92 Å². The Morgan fingerprint density at radius 2 is 1.86 bits per heavy atom. The van der Waals surface area contributed by atoms with Gasteiger partial charge in [-0.05, 0) is 32.9 Å². The zero-order valence-corrected chi connectivity index (χ0v) is 8.19. The number of rotatable bonds is 1. The van der Waals surface area contributed by atoms with Crippen molar-refractivity contribution in [3.63, 3.8) is 0 Å². The van der Waals surface area contributed by atoms with Crippen LogP contribution in [0.2, 0.25) is 0 Å². The van der Waals surface area contributed by atoms with E-state index in [1.807, 2.05) is 0 Å². The molecule has 0 spiro atoms. The number of hydrogen-bond acceptors (Lipinski definition) is 1. The standard InChI is InChI=1S/C10H14F3N/c1-2-3-9-4-6-14(7-5-9)8-10(11,12)13/h9H,4-8H2,1H3. The van der Waals surface area contributed by atoms with E-state index in [1.165, 1.54) is 4.90 Å². The molecule has 0 aromatic rings. The Bertz CT molecular complexity index is 228. The minimum atomic E-state index is -4.07. The van der Waals surface area contributed by atoms with Crippen molar-refractivity contribution in [2.45, 2.75) is 25.9 Å². The second-order valence-electron chi connectivity index (χ2n) is 3.56. The molecule has 1 saturated heterocycles. The number of halogens is 3. The molecule has 0 unspecified atom stereocenters. The zero-order valence-electron chi connectivity index (χ0n) is 8.19. The fraction of sp³-hybridized carbons (Fsp3) is 0.800. The van der Waals surface area contributed by atoms with E-state index in [-0.39, 0.29) is 0 Å². The first-order chi connectivity index (χ1) is 6.51. The molecule has 4 heteroatoms. The summed E-state index contributed by atoms with van der Waals surface area (Å²) >= 11 is 0. The van der Waals surface area contributed by atoms with E-state index in [2.05, 4.69) is 11.8 Å². The summed E-state index contributed by atoms with van der Waals surface area (Å²) in [5.41, 5.74) is 0. The highest BCUT2D eigenvalue weighted by atomic mass is 19.4. The normalized spacial score (nSPS) is 20.3. The van der Waals surface area contributed by atoms with Gasteiger partial charge in [0.25, 0.3) is 0 Å². The Balaban J connectivity index is 2.31. The predicted octanol–water partition coefficient (Wildman–Crippen LogP) is 2.28. The fourth-order valence-electron chi connectivity index (χ4n) is 1.69. The lowest BCUT2D eigenvalue weighted by molar-refractivity contribution is -0.148. The van der Waals surface area contributed by atoms with Gasteiger partial charge in [-0.25, -0.2) is 0 Å². The third-order valence-electron chi connectivity index (χ3n) is 2.34. The average molecular weight is 205 g/mol. The van der Waals surface area contributed by atoms with Gasteiger partial charge in [0.05, 0.1) is 6.54 Å². The highest BCUT2D eigenvalue weighted by molar-refractivity contribution is 5.02. The van der Waals surface area contributed by atoms with E-state index in [9.17, 15) is 13.2 Å². The van der Waals surface area contributed by atoms with Crippen LogP contribution in [0.1, 0.15) is 19.8 Å². The molecule has 0 aliphatic carbocycles. The third kappa shape index (κ3) is 4.01. The highest BCUT2D eigenvalue weighted by Crippen LogP contribution is 2.21. The van der Waals surface area contributed by atoms with E-state index in [4.69, 9.17) is 0 Å². The van der Waals surface area contributed by atoms with E-state index < -0.39 is 12.7 Å². The summed E-state index contributed by atoms with van der Waals surface area (Å²) in [7, 11) is 0. The minimum absolute atomic E-state index is 0.296. The van der Waals surface area contributed by atoms with Crippen molar-refractivity contribution in [1.82, 2.24) is 4.90 Å². The van der Waals surface area contributed by atoms with Crippen LogP contribution < -0.4 is 0 Å². The first-order valence-corrected chi connectivity index (χ1v) is 4.72. The van der Waals surface area contributed by atoms with Gasteiger partial charge in [-0.1, -0.05) is 0 Å². The molecule has 0 bridgehead atoms. The molecule has 1 aliphatic rings. The second-order valence-corrected chi connectivity index (χ2v) is 3.56. The lowest BCUT2D eigenvalue weighted by Gasteiger charge is -2.30. The van der Waals surface area contributed by atoms with Crippen molar-refractivity contribution in [3.05, 3.63) is 0 Å². The smallest absolute Gasteiger partial charge is 0.295 e. The van der Waals surface area contributed by atoms with Gasteiger partial charge in [0.2, 0.25) is 0 Å². The van der Waals surface area contributed by atoms with Gasteiger partial charge in [0.15, 0.2) is 0 Å². The van der Waals surface area contributed by atoms with E-state index in [0.717, 1.165) is 12.8 Å². The van der Waals surface area contributed by atoms with Gasteiger partial charge in [0.1, 0.15) is 0 Å².